The Morgan fingerprint density at radius 3 is 2.58 bits per heavy atom. The van der Waals surface area contributed by atoms with Gasteiger partial charge in [0.15, 0.2) is 0 Å². The number of rotatable bonds is 4. The lowest BCUT2D eigenvalue weighted by molar-refractivity contribution is 0.0129. The van der Waals surface area contributed by atoms with E-state index in [1.54, 1.807) is 26.8 Å². The molecule has 2 unspecified atom stereocenters. The van der Waals surface area contributed by atoms with Crippen molar-refractivity contribution in [3.05, 3.63) is 21.9 Å². The van der Waals surface area contributed by atoms with Gasteiger partial charge in [0, 0.05) is 11.4 Å². The number of aliphatic hydroxyl groups is 2. The minimum Gasteiger partial charge on any atom is -0.444 e. The Labute approximate surface area is 117 Å². The zero-order valence-electron chi connectivity index (χ0n) is 11.6. The van der Waals surface area contributed by atoms with E-state index in [1.807, 2.05) is 12.3 Å². The third-order valence-corrected chi connectivity index (χ3v) is 3.30. The molecule has 0 bridgehead atoms. The summed E-state index contributed by atoms with van der Waals surface area (Å²) in [6.45, 7) is 7.08. The molecule has 108 valence electrons. The minimum atomic E-state index is -1.07. The highest BCUT2D eigenvalue weighted by molar-refractivity contribution is 7.10. The highest BCUT2D eigenvalue weighted by Gasteiger charge is 2.22. The predicted octanol–water partition coefficient (Wildman–Crippen LogP) is 1.98. The van der Waals surface area contributed by atoms with Crippen LogP contribution in [-0.2, 0) is 4.74 Å². The van der Waals surface area contributed by atoms with E-state index >= 15 is 0 Å². The van der Waals surface area contributed by atoms with Crippen molar-refractivity contribution in [1.82, 2.24) is 5.32 Å². The maximum absolute atomic E-state index is 11.4. The van der Waals surface area contributed by atoms with Crippen molar-refractivity contribution in [2.45, 2.75) is 45.5 Å². The van der Waals surface area contributed by atoms with Gasteiger partial charge in [-0.3, -0.25) is 0 Å². The summed E-state index contributed by atoms with van der Waals surface area (Å²) >= 11 is 1.50. The number of ether oxygens (including phenoxy) is 1. The Balaban J connectivity index is 2.45. The summed E-state index contributed by atoms with van der Waals surface area (Å²) in [5.74, 6) is 0. The van der Waals surface area contributed by atoms with E-state index in [0.717, 1.165) is 4.88 Å². The van der Waals surface area contributed by atoms with Crippen LogP contribution in [0.4, 0.5) is 4.79 Å². The molecule has 1 aromatic rings. The van der Waals surface area contributed by atoms with Crippen LogP contribution in [0.3, 0.4) is 0 Å². The summed E-state index contributed by atoms with van der Waals surface area (Å²) in [6, 6.07) is 1.77. The zero-order valence-corrected chi connectivity index (χ0v) is 12.5. The molecule has 0 fully saturated rings. The number of thiophene rings is 1. The maximum Gasteiger partial charge on any atom is 0.407 e. The first-order chi connectivity index (χ1) is 8.70. The number of nitrogens with one attached hydrogen (secondary N) is 1. The number of aryl methyl sites for hydroxylation is 1. The van der Waals surface area contributed by atoms with Crippen molar-refractivity contribution >= 4 is 17.4 Å². The largest absolute Gasteiger partial charge is 0.444 e. The monoisotopic (exact) mass is 287 g/mol. The predicted molar refractivity (Wildman–Crippen MR) is 74.3 cm³/mol. The average Bonchev–Trinajstić information content (AvgIpc) is 2.69. The summed E-state index contributed by atoms with van der Waals surface area (Å²) in [5, 5.41) is 24.1. The van der Waals surface area contributed by atoms with Crippen molar-refractivity contribution in [3.63, 3.8) is 0 Å². The second-order valence-electron chi connectivity index (χ2n) is 5.33. The minimum absolute atomic E-state index is 0.0641. The molecule has 1 heterocycles. The Kier molecular flexibility index (Phi) is 5.34. The van der Waals surface area contributed by atoms with Crippen LogP contribution in [0, 0.1) is 6.92 Å². The molecular weight excluding hydrogens is 266 g/mol. The zero-order chi connectivity index (χ0) is 14.6. The maximum atomic E-state index is 11.4. The van der Waals surface area contributed by atoms with Crippen LogP contribution < -0.4 is 5.32 Å². The molecule has 0 aromatic carbocycles. The summed E-state index contributed by atoms with van der Waals surface area (Å²) in [5.41, 5.74) is 0.0981. The average molecular weight is 287 g/mol. The molecule has 0 aliphatic rings. The van der Waals surface area contributed by atoms with Gasteiger partial charge >= 0.3 is 6.09 Å². The van der Waals surface area contributed by atoms with Gasteiger partial charge in [-0.05, 0) is 44.7 Å². The molecular formula is C13H21NO4S. The Morgan fingerprint density at radius 1 is 1.47 bits per heavy atom. The molecule has 0 saturated carbocycles. The first kappa shape index (κ1) is 15.9. The van der Waals surface area contributed by atoms with Crippen LogP contribution in [0.5, 0.6) is 0 Å². The standard InChI is InChI=1S/C13H21NO4S/c1-8-9(5-6-19-8)11(16)10(15)7-14-12(17)18-13(2,3)4/h5-6,10-11,15-16H,7H2,1-4H3,(H,14,17). The number of hydrogen-bond donors (Lipinski definition) is 3. The Bertz CT molecular complexity index is 425. The number of carbonyl (C=O) groups excluding carboxylic acids is 1. The van der Waals surface area contributed by atoms with Crippen LogP contribution in [0.2, 0.25) is 0 Å². The van der Waals surface area contributed by atoms with Crippen molar-refractivity contribution in [3.8, 4) is 0 Å². The first-order valence-electron chi connectivity index (χ1n) is 6.07. The van der Waals surface area contributed by atoms with Gasteiger partial charge in [-0.15, -0.1) is 11.3 Å². The van der Waals surface area contributed by atoms with E-state index in [4.69, 9.17) is 4.74 Å². The molecule has 0 spiro atoms. The summed E-state index contributed by atoms with van der Waals surface area (Å²) in [4.78, 5) is 12.4. The Hall–Kier alpha value is -1.11. The fourth-order valence-electron chi connectivity index (χ4n) is 1.52. The van der Waals surface area contributed by atoms with Gasteiger partial charge in [0.1, 0.15) is 17.8 Å². The number of hydrogen-bond acceptors (Lipinski definition) is 5. The van der Waals surface area contributed by atoms with E-state index in [0.29, 0.717) is 5.56 Å². The molecule has 5 nitrogen and oxygen atoms in total. The fourth-order valence-corrected chi connectivity index (χ4v) is 2.27. The second kappa shape index (κ2) is 6.36. The summed E-state index contributed by atoms with van der Waals surface area (Å²) in [6.07, 6.45) is -2.69. The normalized spacial score (nSPS) is 14.8. The van der Waals surface area contributed by atoms with Crippen LogP contribution in [0.15, 0.2) is 11.4 Å². The number of amides is 1. The molecule has 0 radical (unpaired) electrons. The van der Waals surface area contributed by atoms with Crippen molar-refractivity contribution in [2.75, 3.05) is 6.54 Å². The third kappa shape index (κ3) is 5.18. The third-order valence-electron chi connectivity index (χ3n) is 2.44. The van der Waals surface area contributed by atoms with Gasteiger partial charge < -0.3 is 20.3 Å². The van der Waals surface area contributed by atoms with Gasteiger partial charge in [0.05, 0.1) is 0 Å². The van der Waals surface area contributed by atoms with E-state index in [1.165, 1.54) is 11.3 Å². The first-order valence-corrected chi connectivity index (χ1v) is 6.95. The molecule has 0 aliphatic heterocycles. The Morgan fingerprint density at radius 2 is 2.11 bits per heavy atom. The molecule has 0 saturated heterocycles. The molecule has 1 amide bonds. The van der Waals surface area contributed by atoms with Crippen molar-refractivity contribution in [2.24, 2.45) is 0 Å². The molecule has 1 rings (SSSR count). The summed E-state index contributed by atoms with van der Waals surface area (Å²) in [7, 11) is 0. The lowest BCUT2D eigenvalue weighted by atomic mass is 10.1. The smallest absolute Gasteiger partial charge is 0.407 e. The van der Waals surface area contributed by atoms with Crippen LogP contribution >= 0.6 is 11.3 Å². The van der Waals surface area contributed by atoms with Gasteiger partial charge in [0.2, 0.25) is 0 Å². The van der Waals surface area contributed by atoms with Gasteiger partial charge in [-0.1, -0.05) is 0 Å². The molecule has 0 aliphatic carbocycles. The van der Waals surface area contributed by atoms with E-state index in [9.17, 15) is 15.0 Å². The van der Waals surface area contributed by atoms with E-state index in [-0.39, 0.29) is 6.54 Å². The van der Waals surface area contributed by atoms with Crippen LogP contribution in [0.25, 0.3) is 0 Å². The molecule has 6 heteroatoms. The second-order valence-corrected chi connectivity index (χ2v) is 6.45. The topological polar surface area (TPSA) is 78.8 Å². The highest BCUT2D eigenvalue weighted by atomic mass is 32.1. The fraction of sp³-hybridized carbons (Fsp3) is 0.615. The van der Waals surface area contributed by atoms with E-state index < -0.39 is 23.9 Å². The molecule has 3 N–H and O–H groups in total. The molecule has 1 aromatic heterocycles. The number of carbonyl (C=O) groups is 1. The highest BCUT2D eigenvalue weighted by Crippen LogP contribution is 2.24. The molecule has 19 heavy (non-hydrogen) atoms. The van der Waals surface area contributed by atoms with Gasteiger partial charge in [-0.2, -0.15) is 0 Å². The van der Waals surface area contributed by atoms with E-state index in [2.05, 4.69) is 5.32 Å². The lowest BCUT2D eigenvalue weighted by Crippen LogP contribution is -2.38. The van der Waals surface area contributed by atoms with Crippen molar-refractivity contribution < 1.29 is 19.7 Å². The van der Waals surface area contributed by atoms with Gasteiger partial charge in [0.25, 0.3) is 0 Å². The summed E-state index contributed by atoms with van der Waals surface area (Å²) < 4.78 is 5.04. The van der Waals surface area contributed by atoms with Crippen LogP contribution in [0.1, 0.15) is 37.3 Å². The number of alkyl carbamates (subject to hydrolysis) is 1. The quantitative estimate of drug-likeness (QED) is 0.791. The SMILES string of the molecule is Cc1sccc1C(O)C(O)CNC(=O)OC(C)(C)C. The van der Waals surface area contributed by atoms with Crippen LogP contribution in [-0.4, -0.2) is 34.6 Å². The van der Waals surface area contributed by atoms with Crippen molar-refractivity contribution in [1.29, 1.82) is 0 Å². The lowest BCUT2D eigenvalue weighted by Gasteiger charge is -2.22. The molecule has 2 atom stereocenters. The van der Waals surface area contributed by atoms with Gasteiger partial charge in [-0.25, -0.2) is 4.79 Å². The number of aliphatic hydroxyl groups excluding tert-OH is 2.